The summed E-state index contributed by atoms with van der Waals surface area (Å²) < 4.78 is 17.3. The molecule has 0 atom stereocenters. The SMILES string of the molecule is O=c1c2ccccc2oc2cc3c4c(ccc3cc12)OCCO4. The number of hydrogen-bond donors (Lipinski definition) is 0. The zero-order valence-corrected chi connectivity index (χ0v) is 12.2. The van der Waals surface area contributed by atoms with E-state index >= 15 is 0 Å². The van der Waals surface area contributed by atoms with E-state index < -0.39 is 0 Å². The van der Waals surface area contributed by atoms with Gasteiger partial charge in [-0.2, -0.15) is 0 Å². The minimum Gasteiger partial charge on any atom is -0.486 e. The molecule has 4 aromatic rings. The third-order valence-electron chi connectivity index (χ3n) is 4.22. The van der Waals surface area contributed by atoms with Crippen molar-refractivity contribution in [2.75, 3.05) is 13.2 Å². The van der Waals surface area contributed by atoms with Crippen LogP contribution in [0.15, 0.2) is 57.7 Å². The maximum atomic E-state index is 12.7. The molecule has 0 N–H and O–H groups in total. The lowest BCUT2D eigenvalue weighted by Gasteiger charge is -2.20. The summed E-state index contributed by atoms with van der Waals surface area (Å²) >= 11 is 0. The first kappa shape index (κ1) is 12.5. The van der Waals surface area contributed by atoms with Crippen molar-refractivity contribution in [2.24, 2.45) is 0 Å². The minimum atomic E-state index is -0.0151. The van der Waals surface area contributed by atoms with Gasteiger partial charge in [-0.05, 0) is 35.7 Å². The molecular weight excluding hydrogens is 292 g/mol. The van der Waals surface area contributed by atoms with Crippen LogP contribution >= 0.6 is 0 Å². The summed E-state index contributed by atoms with van der Waals surface area (Å²) in [6.07, 6.45) is 0. The Balaban J connectivity index is 1.95. The lowest BCUT2D eigenvalue weighted by atomic mass is 10.0. The number of hydrogen-bond acceptors (Lipinski definition) is 4. The highest BCUT2D eigenvalue weighted by atomic mass is 16.6. The fourth-order valence-corrected chi connectivity index (χ4v) is 3.13. The molecule has 112 valence electrons. The van der Waals surface area contributed by atoms with Gasteiger partial charge in [0.05, 0.1) is 10.8 Å². The Labute approximate surface area is 130 Å². The predicted octanol–water partition coefficient (Wildman–Crippen LogP) is 3.87. The monoisotopic (exact) mass is 304 g/mol. The van der Waals surface area contributed by atoms with Crippen LogP contribution in [0.2, 0.25) is 0 Å². The highest BCUT2D eigenvalue weighted by Crippen LogP contribution is 2.39. The molecule has 23 heavy (non-hydrogen) atoms. The largest absolute Gasteiger partial charge is 0.486 e. The molecule has 3 aromatic carbocycles. The molecule has 0 fully saturated rings. The molecule has 0 amide bonds. The maximum Gasteiger partial charge on any atom is 0.200 e. The molecule has 0 saturated heterocycles. The first-order valence-electron chi connectivity index (χ1n) is 7.49. The molecule has 0 radical (unpaired) electrons. The van der Waals surface area contributed by atoms with Crippen molar-refractivity contribution in [3.8, 4) is 11.5 Å². The van der Waals surface area contributed by atoms with Gasteiger partial charge in [0, 0.05) is 5.39 Å². The normalized spacial score (nSPS) is 13.7. The molecule has 4 nitrogen and oxygen atoms in total. The summed E-state index contributed by atoms with van der Waals surface area (Å²) in [7, 11) is 0. The summed E-state index contributed by atoms with van der Waals surface area (Å²) in [5.74, 6) is 1.44. The highest BCUT2D eigenvalue weighted by Gasteiger charge is 2.17. The van der Waals surface area contributed by atoms with Gasteiger partial charge < -0.3 is 13.9 Å². The molecule has 1 aliphatic heterocycles. The highest BCUT2D eigenvalue weighted by molar-refractivity contribution is 6.02. The lowest BCUT2D eigenvalue weighted by Crippen LogP contribution is -2.15. The van der Waals surface area contributed by atoms with E-state index in [-0.39, 0.29) is 5.43 Å². The van der Waals surface area contributed by atoms with E-state index in [0.717, 1.165) is 16.5 Å². The van der Waals surface area contributed by atoms with E-state index in [1.165, 1.54) is 0 Å². The van der Waals surface area contributed by atoms with Gasteiger partial charge in [-0.1, -0.05) is 18.2 Å². The van der Waals surface area contributed by atoms with Crippen LogP contribution in [0.25, 0.3) is 32.7 Å². The van der Waals surface area contributed by atoms with E-state index in [1.54, 1.807) is 12.1 Å². The fraction of sp³-hybridized carbons (Fsp3) is 0.105. The van der Waals surface area contributed by atoms with Gasteiger partial charge in [-0.3, -0.25) is 4.79 Å². The molecular formula is C19H12O4. The second-order valence-corrected chi connectivity index (χ2v) is 5.59. The van der Waals surface area contributed by atoms with Crippen LogP contribution in [-0.2, 0) is 0 Å². The number of fused-ring (bicyclic) bond motifs is 5. The Bertz CT molecular complexity index is 1140. The molecule has 0 aliphatic carbocycles. The molecule has 4 heteroatoms. The van der Waals surface area contributed by atoms with E-state index in [0.29, 0.717) is 40.9 Å². The molecule has 1 aromatic heterocycles. The van der Waals surface area contributed by atoms with Crippen molar-refractivity contribution >= 4 is 32.7 Å². The lowest BCUT2D eigenvalue weighted by molar-refractivity contribution is 0.174. The molecule has 0 unspecified atom stereocenters. The topological polar surface area (TPSA) is 48.7 Å². The average molecular weight is 304 g/mol. The van der Waals surface area contributed by atoms with Crippen LogP contribution < -0.4 is 14.9 Å². The van der Waals surface area contributed by atoms with E-state index in [2.05, 4.69) is 0 Å². The maximum absolute atomic E-state index is 12.7. The van der Waals surface area contributed by atoms with Crippen molar-refractivity contribution in [1.29, 1.82) is 0 Å². The summed E-state index contributed by atoms with van der Waals surface area (Å²) in [6.45, 7) is 1.07. The van der Waals surface area contributed by atoms with Crippen LogP contribution in [0.4, 0.5) is 0 Å². The standard InChI is InChI=1S/C19H12O4/c20-18-12-3-1-2-4-15(12)23-17-10-13-11(9-14(17)18)5-6-16-19(13)22-8-7-21-16/h1-6,9-10H,7-8H2. The van der Waals surface area contributed by atoms with Crippen LogP contribution in [0, 0.1) is 0 Å². The third-order valence-corrected chi connectivity index (χ3v) is 4.22. The summed E-state index contributed by atoms with van der Waals surface area (Å²) in [6, 6.07) is 14.8. The van der Waals surface area contributed by atoms with Gasteiger partial charge in [-0.25, -0.2) is 0 Å². The molecule has 2 heterocycles. The average Bonchev–Trinajstić information content (AvgIpc) is 2.61. The van der Waals surface area contributed by atoms with Gasteiger partial charge >= 0.3 is 0 Å². The second kappa shape index (κ2) is 4.49. The van der Waals surface area contributed by atoms with E-state index in [4.69, 9.17) is 13.9 Å². The quantitative estimate of drug-likeness (QED) is 0.463. The Hall–Kier alpha value is -3.01. The minimum absolute atomic E-state index is 0.0151. The fourth-order valence-electron chi connectivity index (χ4n) is 3.13. The van der Waals surface area contributed by atoms with Gasteiger partial charge in [0.2, 0.25) is 5.43 Å². The smallest absolute Gasteiger partial charge is 0.200 e. The first-order valence-corrected chi connectivity index (χ1v) is 7.49. The molecule has 5 rings (SSSR count). The van der Waals surface area contributed by atoms with E-state index in [1.807, 2.05) is 36.4 Å². The van der Waals surface area contributed by atoms with Crippen molar-refractivity contribution in [2.45, 2.75) is 0 Å². The van der Waals surface area contributed by atoms with Crippen LogP contribution in [-0.4, -0.2) is 13.2 Å². The molecule has 0 spiro atoms. The van der Waals surface area contributed by atoms with Gasteiger partial charge in [0.1, 0.15) is 24.4 Å². The zero-order chi connectivity index (χ0) is 15.4. The predicted molar refractivity (Wildman–Crippen MR) is 88.5 cm³/mol. The number of para-hydroxylation sites is 1. The Kier molecular flexibility index (Phi) is 2.45. The molecule has 1 aliphatic rings. The second-order valence-electron chi connectivity index (χ2n) is 5.59. The summed E-state index contributed by atoms with van der Waals surface area (Å²) in [4.78, 5) is 12.7. The Morgan fingerprint density at radius 3 is 2.61 bits per heavy atom. The van der Waals surface area contributed by atoms with Crippen molar-refractivity contribution < 1.29 is 13.9 Å². The first-order chi connectivity index (χ1) is 11.3. The van der Waals surface area contributed by atoms with Gasteiger partial charge in [0.15, 0.2) is 11.5 Å². The van der Waals surface area contributed by atoms with Crippen molar-refractivity contribution in [1.82, 2.24) is 0 Å². The molecule has 0 saturated carbocycles. The third kappa shape index (κ3) is 1.75. The zero-order valence-electron chi connectivity index (χ0n) is 12.2. The van der Waals surface area contributed by atoms with Gasteiger partial charge in [-0.15, -0.1) is 0 Å². The number of ether oxygens (including phenoxy) is 2. The van der Waals surface area contributed by atoms with Crippen LogP contribution in [0.1, 0.15) is 0 Å². The van der Waals surface area contributed by atoms with E-state index in [9.17, 15) is 4.79 Å². The van der Waals surface area contributed by atoms with Crippen molar-refractivity contribution in [3.63, 3.8) is 0 Å². The Morgan fingerprint density at radius 2 is 1.65 bits per heavy atom. The van der Waals surface area contributed by atoms with Crippen molar-refractivity contribution in [3.05, 3.63) is 58.8 Å². The van der Waals surface area contributed by atoms with Crippen LogP contribution in [0.5, 0.6) is 11.5 Å². The summed E-state index contributed by atoms with van der Waals surface area (Å²) in [5, 5.41) is 3.00. The number of rotatable bonds is 0. The Morgan fingerprint density at radius 1 is 0.783 bits per heavy atom. The molecule has 0 bridgehead atoms. The van der Waals surface area contributed by atoms with Gasteiger partial charge in [0.25, 0.3) is 0 Å². The summed E-state index contributed by atoms with van der Waals surface area (Å²) in [5.41, 5.74) is 1.13. The number of benzene rings is 3. The van der Waals surface area contributed by atoms with Crippen LogP contribution in [0.3, 0.4) is 0 Å².